The van der Waals surface area contributed by atoms with Crippen molar-refractivity contribution in [3.8, 4) is 0 Å². The fourth-order valence-electron chi connectivity index (χ4n) is 10.7. The highest BCUT2D eigenvalue weighted by atomic mass is 16.5. The third kappa shape index (κ3) is 8.22. The van der Waals surface area contributed by atoms with Gasteiger partial charge in [-0.25, -0.2) is 0 Å². The van der Waals surface area contributed by atoms with Crippen molar-refractivity contribution >= 4 is 0 Å². The zero-order chi connectivity index (χ0) is 31.6. The molecule has 7 heteroatoms. The van der Waals surface area contributed by atoms with Crippen LogP contribution in [0.1, 0.15) is 118 Å². The number of fused-ring (bicyclic) bond motifs is 5. The summed E-state index contributed by atoms with van der Waals surface area (Å²) >= 11 is 0. The molecule has 0 unspecified atom stereocenters. The van der Waals surface area contributed by atoms with Crippen LogP contribution >= 0.6 is 0 Å². The summed E-state index contributed by atoms with van der Waals surface area (Å²) in [5.74, 6) is 3.82. The van der Waals surface area contributed by atoms with Crippen molar-refractivity contribution in [3.05, 3.63) is 0 Å². The molecule has 0 aromatic carbocycles. The van der Waals surface area contributed by atoms with Crippen molar-refractivity contribution < 1.29 is 18.9 Å². The van der Waals surface area contributed by atoms with Gasteiger partial charge < -0.3 is 36.1 Å². The van der Waals surface area contributed by atoms with E-state index in [1.54, 1.807) is 0 Å². The number of hydrogen-bond acceptors (Lipinski definition) is 7. The normalized spacial score (nSPS) is 39.1. The summed E-state index contributed by atoms with van der Waals surface area (Å²) in [5, 5.41) is 0. The highest BCUT2D eigenvalue weighted by molar-refractivity contribution is 5.15. The molecule has 44 heavy (non-hydrogen) atoms. The molecule has 0 spiro atoms. The van der Waals surface area contributed by atoms with E-state index >= 15 is 0 Å². The summed E-state index contributed by atoms with van der Waals surface area (Å²) in [5.41, 5.74) is 18.2. The molecule has 4 saturated carbocycles. The summed E-state index contributed by atoms with van der Waals surface area (Å²) in [7, 11) is 0. The van der Waals surface area contributed by atoms with Gasteiger partial charge in [-0.1, -0.05) is 34.1 Å². The van der Waals surface area contributed by atoms with Crippen LogP contribution in [0.3, 0.4) is 0 Å². The van der Waals surface area contributed by atoms with Gasteiger partial charge in [0.15, 0.2) is 0 Å². The predicted molar refractivity (Wildman–Crippen MR) is 180 cm³/mol. The molecule has 4 aliphatic rings. The van der Waals surface area contributed by atoms with Gasteiger partial charge in [0.25, 0.3) is 0 Å². The monoisotopic (exact) mass is 622 g/mol. The Balaban J connectivity index is 1.57. The first-order chi connectivity index (χ1) is 21.3. The number of hydrogen-bond donors (Lipinski definition) is 3. The van der Waals surface area contributed by atoms with Gasteiger partial charge in [0, 0.05) is 38.4 Å². The average Bonchev–Trinajstić information content (AvgIpc) is 3.38. The number of rotatable bonds is 20. The van der Waals surface area contributed by atoms with E-state index in [2.05, 4.69) is 27.7 Å². The molecule has 0 heterocycles. The summed E-state index contributed by atoms with van der Waals surface area (Å²) in [6.07, 6.45) is 17.0. The van der Waals surface area contributed by atoms with Crippen molar-refractivity contribution in [2.75, 3.05) is 52.7 Å². The van der Waals surface area contributed by atoms with Crippen molar-refractivity contribution in [3.63, 3.8) is 0 Å². The third-order valence-corrected chi connectivity index (χ3v) is 13.1. The van der Waals surface area contributed by atoms with Gasteiger partial charge in [-0.3, -0.25) is 0 Å². The molecule has 0 bridgehead atoms. The van der Waals surface area contributed by atoms with E-state index in [1.807, 2.05) is 0 Å². The summed E-state index contributed by atoms with van der Waals surface area (Å²) in [6.45, 7) is 16.2. The van der Waals surface area contributed by atoms with Gasteiger partial charge in [-0.2, -0.15) is 0 Å². The Morgan fingerprint density at radius 2 is 1.41 bits per heavy atom. The summed E-state index contributed by atoms with van der Waals surface area (Å²) < 4.78 is 26.2. The molecule has 0 aromatic rings. The number of nitrogens with two attached hydrogens (primary N) is 3. The number of unbranched alkanes of at least 4 members (excludes halogenated alkanes) is 1. The second kappa shape index (κ2) is 17.8. The maximum Gasteiger partial charge on any atom is 0.0637 e. The highest BCUT2D eigenvalue weighted by Crippen LogP contribution is 2.69. The Bertz CT molecular complexity index is 818. The van der Waals surface area contributed by atoms with E-state index in [9.17, 15) is 0 Å². The van der Waals surface area contributed by atoms with Crippen LogP contribution in [0.25, 0.3) is 0 Å². The Morgan fingerprint density at radius 1 is 0.727 bits per heavy atom. The smallest absolute Gasteiger partial charge is 0.0637 e. The van der Waals surface area contributed by atoms with E-state index in [0.29, 0.717) is 72.8 Å². The van der Waals surface area contributed by atoms with Gasteiger partial charge >= 0.3 is 0 Å². The zero-order valence-electron chi connectivity index (χ0n) is 29.1. The first kappa shape index (κ1) is 36.6. The van der Waals surface area contributed by atoms with Crippen molar-refractivity contribution in [2.45, 2.75) is 136 Å². The Hall–Kier alpha value is -0.280. The molecule has 258 valence electrons. The molecule has 0 saturated heterocycles. The lowest BCUT2D eigenvalue weighted by Crippen LogP contribution is -2.63. The van der Waals surface area contributed by atoms with Gasteiger partial charge in [-0.15, -0.1) is 0 Å². The van der Waals surface area contributed by atoms with Gasteiger partial charge in [0.1, 0.15) is 0 Å². The first-order valence-electron chi connectivity index (χ1n) is 18.9. The molecule has 4 rings (SSSR count). The standard InChI is InChI=1S/C37H71N3O4/c1-5-6-19-41-20-7-11-27(2)30-12-13-31-35-32(26-34(37(30,31)4)44-23-10-18-40)36(3)15-14-29(42-21-8-16-38)24-28(36)25-33(35)43-22-9-17-39/h27-35H,5-26,38-40H2,1-4H3/t27-,28+,29-,30-,31+,32+,33-,34+,35+,36+,37-/m1/s1. The highest BCUT2D eigenvalue weighted by Gasteiger charge is 2.66. The van der Waals surface area contributed by atoms with Crippen molar-refractivity contribution in [2.24, 2.45) is 63.5 Å². The lowest BCUT2D eigenvalue weighted by molar-refractivity contribution is -0.227. The zero-order valence-corrected chi connectivity index (χ0v) is 29.1. The topological polar surface area (TPSA) is 115 Å². The molecule has 0 aromatic heterocycles. The number of ether oxygens (including phenoxy) is 4. The first-order valence-corrected chi connectivity index (χ1v) is 18.9. The molecule has 0 aliphatic heterocycles. The van der Waals surface area contributed by atoms with Crippen LogP contribution in [0, 0.1) is 46.3 Å². The Morgan fingerprint density at radius 3 is 2.11 bits per heavy atom. The maximum absolute atomic E-state index is 6.99. The molecule has 4 aliphatic carbocycles. The van der Waals surface area contributed by atoms with E-state index < -0.39 is 0 Å². The van der Waals surface area contributed by atoms with Crippen LogP contribution in [-0.4, -0.2) is 71.0 Å². The summed E-state index contributed by atoms with van der Waals surface area (Å²) in [6, 6.07) is 0. The minimum atomic E-state index is 0.166. The predicted octanol–water partition coefficient (Wildman–Crippen LogP) is 6.30. The van der Waals surface area contributed by atoms with Crippen molar-refractivity contribution in [1.29, 1.82) is 0 Å². The van der Waals surface area contributed by atoms with Crippen LogP contribution in [0.4, 0.5) is 0 Å². The van der Waals surface area contributed by atoms with Crippen molar-refractivity contribution in [1.82, 2.24) is 0 Å². The van der Waals surface area contributed by atoms with E-state index in [4.69, 9.17) is 36.1 Å². The van der Waals surface area contributed by atoms with Gasteiger partial charge in [0.2, 0.25) is 0 Å². The molecule has 6 N–H and O–H groups in total. The van der Waals surface area contributed by atoms with Crippen LogP contribution in [0.2, 0.25) is 0 Å². The molecular formula is C37H71N3O4. The SMILES string of the molecule is CCCCOCCC[C@@H](C)[C@H]1CC[C@H]2[C@@H]3[C@H](OCCCN)C[C@@H]4C[C@H](OCCCN)CC[C@]4(C)[C@H]3C[C@H](OCCCN)[C@]12C. The fourth-order valence-corrected chi connectivity index (χ4v) is 10.7. The lowest BCUT2D eigenvalue weighted by Gasteiger charge is -2.65. The Labute approximate surface area is 270 Å². The van der Waals surface area contributed by atoms with Gasteiger partial charge in [-0.05, 0) is 144 Å². The minimum Gasteiger partial charge on any atom is -0.381 e. The molecule has 0 amide bonds. The fraction of sp³-hybridized carbons (Fsp3) is 1.00. The van der Waals surface area contributed by atoms with Gasteiger partial charge in [0.05, 0.1) is 18.3 Å². The Kier molecular flexibility index (Phi) is 14.7. The molecule has 7 nitrogen and oxygen atoms in total. The third-order valence-electron chi connectivity index (χ3n) is 13.1. The second-order valence-corrected chi connectivity index (χ2v) is 15.6. The van der Waals surface area contributed by atoms with E-state index in [0.717, 1.165) is 71.6 Å². The minimum absolute atomic E-state index is 0.166. The largest absolute Gasteiger partial charge is 0.381 e. The van der Waals surface area contributed by atoms with E-state index in [-0.39, 0.29) is 11.5 Å². The van der Waals surface area contributed by atoms with Crippen LogP contribution in [0.15, 0.2) is 0 Å². The summed E-state index contributed by atoms with van der Waals surface area (Å²) in [4.78, 5) is 0. The van der Waals surface area contributed by atoms with Crippen LogP contribution in [-0.2, 0) is 18.9 Å². The van der Waals surface area contributed by atoms with Crippen LogP contribution in [0.5, 0.6) is 0 Å². The maximum atomic E-state index is 6.99. The lowest BCUT2D eigenvalue weighted by atomic mass is 9.43. The van der Waals surface area contributed by atoms with E-state index in [1.165, 1.54) is 51.4 Å². The van der Waals surface area contributed by atoms with Crippen LogP contribution < -0.4 is 17.2 Å². The quantitative estimate of drug-likeness (QED) is 0.137. The molecule has 4 fully saturated rings. The molecular weight excluding hydrogens is 550 g/mol. The molecule has 11 atom stereocenters. The second-order valence-electron chi connectivity index (χ2n) is 15.6. The average molecular weight is 622 g/mol. The molecule has 0 radical (unpaired) electrons.